The van der Waals surface area contributed by atoms with Crippen molar-refractivity contribution in [2.75, 3.05) is 36.5 Å². The highest BCUT2D eigenvalue weighted by atomic mass is 19.2. The predicted octanol–water partition coefficient (Wildman–Crippen LogP) is 4.70. The molecule has 2 aliphatic rings. The van der Waals surface area contributed by atoms with E-state index in [1.807, 2.05) is 24.3 Å². The van der Waals surface area contributed by atoms with Crippen LogP contribution in [0, 0.1) is 23.3 Å². The van der Waals surface area contributed by atoms with Crippen molar-refractivity contribution >= 4 is 17.3 Å². The van der Waals surface area contributed by atoms with Gasteiger partial charge in [0.25, 0.3) is 0 Å². The van der Waals surface area contributed by atoms with Gasteiger partial charge in [-0.25, -0.2) is 27.5 Å². The summed E-state index contributed by atoms with van der Waals surface area (Å²) in [5.41, 5.74) is 0.953. The minimum atomic E-state index is -1.50. The lowest BCUT2D eigenvalue weighted by Gasteiger charge is -2.38. The van der Waals surface area contributed by atoms with E-state index in [1.54, 1.807) is 0 Å². The Kier molecular flexibility index (Phi) is 6.44. The highest BCUT2D eigenvalue weighted by molar-refractivity contribution is 5.62. The van der Waals surface area contributed by atoms with Crippen molar-refractivity contribution < 1.29 is 31.8 Å². The molecule has 3 aromatic rings. The van der Waals surface area contributed by atoms with Crippen LogP contribution in [0.4, 0.5) is 34.9 Å². The molecule has 1 N–H and O–H groups in total. The SMILES string of the molecule is Fc1cc(F)c(F)c(COc2cnc(Nc3cccc(N4CCC5(CC4)OCCO5)c3)nc2)c1F. The van der Waals surface area contributed by atoms with Crippen molar-refractivity contribution in [3.8, 4) is 5.75 Å². The van der Waals surface area contributed by atoms with Crippen LogP contribution in [0.1, 0.15) is 18.4 Å². The van der Waals surface area contributed by atoms with Crippen LogP contribution in [0.3, 0.4) is 0 Å². The highest BCUT2D eigenvalue weighted by Gasteiger charge is 2.39. The van der Waals surface area contributed by atoms with Crippen LogP contribution >= 0.6 is 0 Å². The lowest BCUT2D eigenvalue weighted by molar-refractivity contribution is -0.169. The molecule has 3 heterocycles. The number of benzene rings is 2. The molecule has 0 aliphatic carbocycles. The summed E-state index contributed by atoms with van der Waals surface area (Å²) in [7, 11) is 0. The fourth-order valence-corrected chi connectivity index (χ4v) is 4.16. The monoisotopic (exact) mass is 490 g/mol. The lowest BCUT2D eigenvalue weighted by Crippen LogP contribution is -2.45. The smallest absolute Gasteiger partial charge is 0.227 e. The van der Waals surface area contributed by atoms with Gasteiger partial charge in [-0.3, -0.25) is 0 Å². The highest BCUT2D eigenvalue weighted by Crippen LogP contribution is 2.34. The molecule has 2 aromatic carbocycles. The largest absolute Gasteiger partial charge is 0.485 e. The van der Waals surface area contributed by atoms with E-state index in [0.29, 0.717) is 13.2 Å². The molecule has 0 unspecified atom stereocenters. The fraction of sp³-hybridized carbons (Fsp3) is 0.333. The standard InChI is InChI=1S/C24H22F4N4O3/c25-19-11-20(26)22(28)18(21(19)27)14-33-17-12-29-23(30-13-17)31-15-2-1-3-16(10-15)32-6-4-24(5-7-32)34-8-9-35-24/h1-3,10-13H,4-9,14H2,(H,29,30,31). The zero-order valence-electron chi connectivity index (χ0n) is 18.6. The molecule has 0 atom stereocenters. The zero-order chi connectivity index (χ0) is 24.4. The van der Waals surface area contributed by atoms with Crippen LogP contribution in [0.2, 0.25) is 0 Å². The first-order valence-corrected chi connectivity index (χ1v) is 11.1. The van der Waals surface area contributed by atoms with Gasteiger partial charge in [-0.05, 0) is 18.2 Å². The summed E-state index contributed by atoms with van der Waals surface area (Å²) >= 11 is 0. The maximum Gasteiger partial charge on any atom is 0.227 e. The van der Waals surface area contributed by atoms with Gasteiger partial charge in [-0.1, -0.05) is 6.07 Å². The van der Waals surface area contributed by atoms with Crippen molar-refractivity contribution in [3.63, 3.8) is 0 Å². The van der Waals surface area contributed by atoms with Crippen LogP contribution in [-0.4, -0.2) is 42.1 Å². The van der Waals surface area contributed by atoms with Gasteiger partial charge in [0.15, 0.2) is 34.8 Å². The van der Waals surface area contributed by atoms with Crippen molar-refractivity contribution in [1.82, 2.24) is 9.97 Å². The normalized spacial score (nSPS) is 17.1. The first-order chi connectivity index (χ1) is 16.9. The summed E-state index contributed by atoms with van der Waals surface area (Å²) in [4.78, 5) is 10.5. The Labute approximate surface area is 198 Å². The number of rotatable bonds is 6. The van der Waals surface area contributed by atoms with Gasteiger partial charge in [0.1, 0.15) is 6.61 Å². The van der Waals surface area contributed by atoms with Crippen LogP contribution < -0.4 is 15.0 Å². The third-order valence-corrected chi connectivity index (χ3v) is 6.02. The van der Waals surface area contributed by atoms with Gasteiger partial charge in [-0.15, -0.1) is 0 Å². The molecule has 0 radical (unpaired) electrons. The molecule has 0 bridgehead atoms. The van der Waals surface area contributed by atoms with E-state index in [0.717, 1.165) is 37.3 Å². The molecule has 2 fully saturated rings. The average Bonchev–Trinajstić information content (AvgIpc) is 3.32. The number of nitrogens with zero attached hydrogens (tertiary/aromatic N) is 3. The van der Waals surface area contributed by atoms with Gasteiger partial charge < -0.3 is 24.4 Å². The summed E-state index contributed by atoms with van der Waals surface area (Å²) in [6.45, 7) is 2.17. The number of nitrogens with one attached hydrogen (secondary N) is 1. The van der Waals surface area contributed by atoms with E-state index in [1.165, 1.54) is 12.4 Å². The topological polar surface area (TPSA) is 68.7 Å². The van der Waals surface area contributed by atoms with E-state index >= 15 is 0 Å². The van der Waals surface area contributed by atoms with Crippen molar-refractivity contribution in [3.05, 3.63) is 71.6 Å². The Hall–Kier alpha value is -3.44. The number of piperidine rings is 1. The molecular weight excluding hydrogens is 468 g/mol. The summed E-state index contributed by atoms with van der Waals surface area (Å²) in [5.74, 6) is -6.09. The number of hydrogen-bond donors (Lipinski definition) is 1. The second-order valence-electron chi connectivity index (χ2n) is 8.25. The van der Waals surface area contributed by atoms with E-state index in [9.17, 15) is 17.6 Å². The lowest BCUT2D eigenvalue weighted by atomic mass is 10.0. The van der Waals surface area contributed by atoms with Gasteiger partial charge in [0.05, 0.1) is 31.2 Å². The first-order valence-electron chi connectivity index (χ1n) is 11.1. The molecular formula is C24H22F4N4O3. The van der Waals surface area contributed by atoms with E-state index in [4.69, 9.17) is 14.2 Å². The van der Waals surface area contributed by atoms with Gasteiger partial charge in [-0.2, -0.15) is 0 Å². The molecule has 2 saturated heterocycles. The number of ether oxygens (including phenoxy) is 3. The minimum absolute atomic E-state index is 0.0753. The summed E-state index contributed by atoms with van der Waals surface area (Å²) in [6.07, 6.45) is 4.17. The molecule has 35 heavy (non-hydrogen) atoms. The number of anilines is 3. The van der Waals surface area contributed by atoms with Gasteiger partial charge in [0, 0.05) is 43.4 Å². The van der Waals surface area contributed by atoms with Crippen LogP contribution in [-0.2, 0) is 16.1 Å². The number of hydrogen-bond acceptors (Lipinski definition) is 7. The maximum absolute atomic E-state index is 13.8. The minimum Gasteiger partial charge on any atom is -0.485 e. The third kappa shape index (κ3) is 5.01. The Bertz CT molecular complexity index is 1170. The van der Waals surface area contributed by atoms with Crippen LogP contribution in [0.15, 0.2) is 42.7 Å². The molecule has 2 aliphatic heterocycles. The summed E-state index contributed by atoms with van der Waals surface area (Å²) in [6, 6.07) is 7.93. The predicted molar refractivity (Wildman–Crippen MR) is 118 cm³/mol. The van der Waals surface area contributed by atoms with Gasteiger partial charge in [0.2, 0.25) is 5.95 Å². The number of halogens is 4. The average molecular weight is 490 g/mol. The Morgan fingerprint density at radius 1 is 0.943 bits per heavy atom. The van der Waals surface area contributed by atoms with Gasteiger partial charge >= 0.3 is 0 Å². The van der Waals surface area contributed by atoms with Crippen LogP contribution in [0.5, 0.6) is 5.75 Å². The third-order valence-electron chi connectivity index (χ3n) is 6.02. The molecule has 0 amide bonds. The van der Waals surface area contributed by atoms with Crippen molar-refractivity contribution in [2.24, 2.45) is 0 Å². The van der Waals surface area contributed by atoms with E-state index in [2.05, 4.69) is 20.2 Å². The number of aromatic nitrogens is 2. The Morgan fingerprint density at radius 2 is 1.60 bits per heavy atom. The molecule has 5 rings (SSSR count). The molecule has 7 nitrogen and oxygen atoms in total. The fourth-order valence-electron chi connectivity index (χ4n) is 4.16. The van der Waals surface area contributed by atoms with E-state index < -0.39 is 41.2 Å². The molecule has 1 spiro atoms. The van der Waals surface area contributed by atoms with Crippen molar-refractivity contribution in [2.45, 2.75) is 25.2 Å². The Balaban J connectivity index is 1.20. The molecule has 1 aromatic heterocycles. The van der Waals surface area contributed by atoms with E-state index in [-0.39, 0.29) is 17.8 Å². The zero-order valence-corrected chi connectivity index (χ0v) is 18.6. The second kappa shape index (κ2) is 9.67. The van der Waals surface area contributed by atoms with Crippen molar-refractivity contribution in [1.29, 1.82) is 0 Å². The first kappa shape index (κ1) is 23.3. The summed E-state index contributed by atoms with van der Waals surface area (Å²) in [5, 5.41) is 3.09. The maximum atomic E-state index is 13.8. The Morgan fingerprint density at radius 3 is 2.26 bits per heavy atom. The summed E-state index contributed by atoms with van der Waals surface area (Å²) < 4.78 is 71.0. The molecule has 0 saturated carbocycles. The van der Waals surface area contributed by atoms with Crippen LogP contribution in [0.25, 0.3) is 0 Å². The second-order valence-corrected chi connectivity index (χ2v) is 8.25. The molecule has 184 valence electrons. The quantitative estimate of drug-likeness (QED) is 0.397. The molecule has 11 heteroatoms.